The Morgan fingerprint density at radius 1 is 1.03 bits per heavy atom. The van der Waals surface area contributed by atoms with Crippen molar-refractivity contribution in [3.63, 3.8) is 0 Å². The Hall–Kier alpha value is -3.58. The summed E-state index contributed by atoms with van der Waals surface area (Å²) >= 11 is 1.11. The first-order chi connectivity index (χ1) is 14.5. The van der Waals surface area contributed by atoms with Gasteiger partial charge in [-0.3, -0.25) is 14.2 Å². The number of ether oxygens (including phenoxy) is 1. The minimum Gasteiger partial charge on any atom is -0.465 e. The molecule has 0 atom stereocenters. The SMILES string of the molecule is COC(=O)c1sc2ncn(CC(=O)c3ccc(-c4ccccc4)cc3)c(=O)c2c1C. The zero-order valence-electron chi connectivity index (χ0n) is 16.4. The molecule has 0 N–H and O–H groups in total. The van der Waals surface area contributed by atoms with E-state index in [0.29, 0.717) is 26.2 Å². The summed E-state index contributed by atoms with van der Waals surface area (Å²) < 4.78 is 6.04. The molecule has 30 heavy (non-hydrogen) atoms. The fraction of sp³-hybridized carbons (Fsp3) is 0.130. The lowest BCUT2D eigenvalue weighted by atomic mass is 10.0. The number of benzene rings is 2. The Morgan fingerprint density at radius 2 is 1.70 bits per heavy atom. The number of aromatic nitrogens is 2. The molecule has 4 aromatic rings. The summed E-state index contributed by atoms with van der Waals surface area (Å²) in [6.45, 7) is 1.55. The van der Waals surface area contributed by atoms with E-state index in [2.05, 4.69) is 4.98 Å². The van der Waals surface area contributed by atoms with Gasteiger partial charge in [0.25, 0.3) is 5.56 Å². The quantitative estimate of drug-likeness (QED) is 0.360. The van der Waals surface area contributed by atoms with Crippen LogP contribution in [-0.2, 0) is 11.3 Å². The Labute approximate surface area is 176 Å². The molecule has 0 aliphatic carbocycles. The molecule has 0 bridgehead atoms. The van der Waals surface area contributed by atoms with Gasteiger partial charge < -0.3 is 4.74 Å². The van der Waals surface area contributed by atoms with Crippen molar-refractivity contribution in [2.45, 2.75) is 13.5 Å². The van der Waals surface area contributed by atoms with Gasteiger partial charge in [-0.05, 0) is 23.6 Å². The highest BCUT2D eigenvalue weighted by atomic mass is 32.1. The number of carbonyl (C=O) groups is 2. The van der Waals surface area contributed by atoms with Gasteiger partial charge in [0, 0.05) is 5.56 Å². The smallest absolute Gasteiger partial charge is 0.348 e. The molecule has 0 saturated heterocycles. The van der Waals surface area contributed by atoms with Gasteiger partial charge in [0.1, 0.15) is 9.71 Å². The maximum Gasteiger partial charge on any atom is 0.348 e. The highest BCUT2D eigenvalue weighted by Crippen LogP contribution is 2.27. The number of carbonyl (C=O) groups excluding carboxylic acids is 2. The Kier molecular flexibility index (Phi) is 5.29. The van der Waals surface area contributed by atoms with Crippen LogP contribution in [0.1, 0.15) is 25.6 Å². The number of thiophene rings is 1. The van der Waals surface area contributed by atoms with Crippen molar-refractivity contribution in [2.75, 3.05) is 7.11 Å². The first-order valence-electron chi connectivity index (χ1n) is 9.25. The Bertz CT molecular complexity index is 1310. The van der Waals surface area contributed by atoms with Gasteiger partial charge in [-0.1, -0.05) is 54.6 Å². The average molecular weight is 418 g/mol. The van der Waals surface area contributed by atoms with E-state index < -0.39 is 5.97 Å². The van der Waals surface area contributed by atoms with Crippen molar-refractivity contribution in [1.29, 1.82) is 0 Å². The summed E-state index contributed by atoms with van der Waals surface area (Å²) in [5.74, 6) is -0.699. The number of rotatable bonds is 5. The zero-order chi connectivity index (χ0) is 21.3. The lowest BCUT2D eigenvalue weighted by molar-refractivity contribution is 0.0605. The maximum atomic E-state index is 12.9. The minimum absolute atomic E-state index is 0.130. The molecule has 0 unspecified atom stereocenters. The molecule has 6 nitrogen and oxygen atoms in total. The molecular formula is C23H18N2O4S. The molecular weight excluding hydrogens is 400 g/mol. The summed E-state index contributed by atoms with van der Waals surface area (Å²) in [6, 6.07) is 17.2. The lowest BCUT2D eigenvalue weighted by Gasteiger charge is -2.07. The molecule has 150 valence electrons. The summed E-state index contributed by atoms with van der Waals surface area (Å²) in [5.41, 5.74) is 2.76. The van der Waals surface area contributed by atoms with E-state index in [1.54, 1.807) is 19.1 Å². The number of hydrogen-bond acceptors (Lipinski definition) is 6. The second-order valence-corrected chi connectivity index (χ2v) is 7.77. The number of nitrogens with zero attached hydrogens (tertiary/aromatic N) is 2. The minimum atomic E-state index is -0.504. The number of fused-ring (bicyclic) bond motifs is 1. The Morgan fingerprint density at radius 3 is 2.37 bits per heavy atom. The number of aryl methyl sites for hydroxylation is 1. The molecule has 7 heteroatoms. The average Bonchev–Trinajstić information content (AvgIpc) is 3.13. The third-order valence-corrected chi connectivity index (χ3v) is 6.10. The van der Waals surface area contributed by atoms with E-state index in [1.165, 1.54) is 18.0 Å². The Balaban J connectivity index is 1.62. The van der Waals surface area contributed by atoms with Crippen LogP contribution in [0.3, 0.4) is 0 Å². The number of Topliss-reactive ketones (excluding diaryl/α,β-unsaturated/α-hetero) is 1. The summed E-state index contributed by atoms with van der Waals surface area (Å²) in [5, 5.41) is 0.343. The van der Waals surface area contributed by atoms with Gasteiger partial charge in [0.15, 0.2) is 5.78 Å². The van der Waals surface area contributed by atoms with Crippen LogP contribution < -0.4 is 5.56 Å². The predicted molar refractivity (Wildman–Crippen MR) is 116 cm³/mol. The number of hydrogen-bond donors (Lipinski definition) is 0. The van der Waals surface area contributed by atoms with Crippen LogP contribution in [0.15, 0.2) is 65.7 Å². The second-order valence-electron chi connectivity index (χ2n) is 6.77. The third kappa shape index (κ3) is 3.55. The highest BCUT2D eigenvalue weighted by Gasteiger charge is 2.20. The molecule has 0 aliphatic heterocycles. The van der Waals surface area contributed by atoms with Gasteiger partial charge in [-0.2, -0.15) is 0 Å². The van der Waals surface area contributed by atoms with Gasteiger partial charge in [0.05, 0.1) is 25.4 Å². The predicted octanol–water partition coefficient (Wildman–Crippen LogP) is 4.10. The standard InChI is InChI=1S/C23H18N2O4S/c1-14-19-21(30-20(14)23(28)29-2)24-13-25(22(19)27)12-18(26)17-10-8-16(9-11-17)15-6-4-3-5-7-15/h3-11,13H,12H2,1-2H3. The van der Waals surface area contributed by atoms with E-state index in [-0.39, 0.29) is 17.9 Å². The largest absolute Gasteiger partial charge is 0.465 e. The van der Waals surface area contributed by atoms with E-state index in [1.807, 2.05) is 42.5 Å². The van der Waals surface area contributed by atoms with Gasteiger partial charge in [-0.15, -0.1) is 11.3 Å². The molecule has 4 rings (SSSR count). The van der Waals surface area contributed by atoms with Crippen LogP contribution in [0.25, 0.3) is 21.3 Å². The monoisotopic (exact) mass is 418 g/mol. The molecule has 0 saturated carbocycles. The van der Waals surface area contributed by atoms with Crippen LogP contribution in [0.2, 0.25) is 0 Å². The number of ketones is 1. The number of esters is 1. The van der Waals surface area contributed by atoms with Crippen LogP contribution in [-0.4, -0.2) is 28.4 Å². The maximum absolute atomic E-state index is 12.9. The van der Waals surface area contributed by atoms with E-state index >= 15 is 0 Å². The lowest BCUT2D eigenvalue weighted by Crippen LogP contribution is -2.24. The normalized spacial score (nSPS) is 10.9. The molecule has 0 radical (unpaired) electrons. The van der Waals surface area contributed by atoms with Crippen LogP contribution >= 0.6 is 11.3 Å². The van der Waals surface area contributed by atoms with Crippen LogP contribution in [0.5, 0.6) is 0 Å². The van der Waals surface area contributed by atoms with E-state index in [4.69, 9.17) is 4.74 Å². The fourth-order valence-corrected chi connectivity index (χ4v) is 4.34. The van der Waals surface area contributed by atoms with Crippen molar-refractivity contribution in [3.05, 3.63) is 87.3 Å². The topological polar surface area (TPSA) is 78.3 Å². The van der Waals surface area contributed by atoms with Crippen molar-refractivity contribution in [1.82, 2.24) is 9.55 Å². The first kappa shape index (κ1) is 19.7. The molecule has 2 aromatic heterocycles. The van der Waals surface area contributed by atoms with Crippen molar-refractivity contribution >= 4 is 33.3 Å². The highest BCUT2D eigenvalue weighted by molar-refractivity contribution is 7.20. The van der Waals surface area contributed by atoms with Gasteiger partial charge >= 0.3 is 5.97 Å². The second kappa shape index (κ2) is 8.04. The van der Waals surface area contributed by atoms with Gasteiger partial charge in [0.2, 0.25) is 0 Å². The summed E-state index contributed by atoms with van der Waals surface area (Å²) in [4.78, 5) is 42.6. The summed E-state index contributed by atoms with van der Waals surface area (Å²) in [7, 11) is 1.29. The molecule has 0 aliphatic rings. The van der Waals surface area contributed by atoms with Crippen molar-refractivity contribution in [3.8, 4) is 11.1 Å². The van der Waals surface area contributed by atoms with Crippen molar-refractivity contribution in [2.24, 2.45) is 0 Å². The van der Waals surface area contributed by atoms with E-state index in [0.717, 1.165) is 22.5 Å². The fourth-order valence-electron chi connectivity index (χ4n) is 3.28. The molecule has 2 heterocycles. The zero-order valence-corrected chi connectivity index (χ0v) is 17.2. The molecule has 2 aromatic carbocycles. The number of methoxy groups -OCH3 is 1. The molecule has 0 spiro atoms. The first-order valence-corrected chi connectivity index (χ1v) is 10.1. The van der Waals surface area contributed by atoms with Crippen molar-refractivity contribution < 1.29 is 14.3 Å². The molecule has 0 amide bonds. The van der Waals surface area contributed by atoms with E-state index in [9.17, 15) is 14.4 Å². The molecule has 0 fully saturated rings. The third-order valence-electron chi connectivity index (χ3n) is 4.92. The summed E-state index contributed by atoms with van der Waals surface area (Å²) in [6.07, 6.45) is 1.35. The van der Waals surface area contributed by atoms with Gasteiger partial charge in [-0.25, -0.2) is 9.78 Å². The van der Waals surface area contributed by atoms with Crippen LogP contribution in [0, 0.1) is 6.92 Å². The van der Waals surface area contributed by atoms with Crippen LogP contribution in [0.4, 0.5) is 0 Å².